The zero-order valence-electron chi connectivity index (χ0n) is 8.66. The third-order valence-corrected chi connectivity index (χ3v) is 1.77. The van der Waals surface area contributed by atoms with Crippen LogP contribution in [0.1, 0.15) is 13.8 Å². The predicted octanol–water partition coefficient (Wildman–Crippen LogP) is 1.88. The number of hydrogen-bond donors (Lipinski definition) is 2. The minimum atomic E-state index is -0.357. The topological polar surface area (TPSA) is 41.5 Å². The lowest BCUT2D eigenvalue weighted by Crippen LogP contribution is -2.15. The van der Waals surface area contributed by atoms with Crippen molar-refractivity contribution in [2.24, 2.45) is 0 Å². The Labute approximate surface area is 84.7 Å². The van der Waals surface area contributed by atoms with Crippen LogP contribution in [0.5, 0.6) is 5.75 Å². The second-order valence-electron chi connectivity index (χ2n) is 3.16. The van der Waals surface area contributed by atoms with Gasteiger partial charge in [-0.2, -0.15) is 0 Å². The zero-order chi connectivity index (χ0) is 10.4. The molecular weight excluding hydrogens is 178 g/mol. The molecule has 2 N–H and O–H groups in total. The summed E-state index contributed by atoms with van der Waals surface area (Å²) in [6, 6.07) is 7.71. The van der Waals surface area contributed by atoms with Crippen LogP contribution in [0.4, 0.5) is 5.69 Å². The predicted molar refractivity (Wildman–Crippen MR) is 57.8 cm³/mol. The first kappa shape index (κ1) is 10.9. The third kappa shape index (κ3) is 3.26. The Morgan fingerprint density at radius 1 is 1.43 bits per heavy atom. The Hall–Kier alpha value is -1.22. The van der Waals surface area contributed by atoms with E-state index in [4.69, 9.17) is 9.84 Å². The second kappa shape index (κ2) is 5.50. The molecule has 0 saturated carbocycles. The summed E-state index contributed by atoms with van der Waals surface area (Å²) >= 11 is 0. The number of aliphatic hydroxyl groups excluding tert-OH is 1. The third-order valence-electron chi connectivity index (χ3n) is 1.77. The molecule has 0 fully saturated rings. The lowest BCUT2D eigenvalue weighted by molar-refractivity contribution is 0.208. The Morgan fingerprint density at radius 3 is 2.79 bits per heavy atom. The number of aliphatic hydroxyl groups is 1. The van der Waals surface area contributed by atoms with Gasteiger partial charge in [-0.15, -0.1) is 0 Å². The first-order chi connectivity index (χ1) is 6.74. The van der Waals surface area contributed by atoms with E-state index in [9.17, 15) is 0 Å². The number of benzene rings is 1. The summed E-state index contributed by atoms with van der Waals surface area (Å²) in [5.74, 6) is 0.829. The molecule has 1 aromatic carbocycles. The van der Waals surface area contributed by atoms with Gasteiger partial charge < -0.3 is 15.2 Å². The van der Waals surface area contributed by atoms with Crippen LogP contribution in [-0.4, -0.2) is 24.4 Å². The van der Waals surface area contributed by atoms with Gasteiger partial charge in [-0.3, -0.25) is 0 Å². The monoisotopic (exact) mass is 195 g/mol. The van der Waals surface area contributed by atoms with E-state index in [1.807, 2.05) is 31.2 Å². The van der Waals surface area contributed by atoms with E-state index >= 15 is 0 Å². The molecule has 1 aromatic rings. The fourth-order valence-electron chi connectivity index (χ4n) is 1.15. The Bertz CT molecular complexity index is 274. The molecule has 1 rings (SSSR count). The van der Waals surface area contributed by atoms with E-state index < -0.39 is 0 Å². The van der Waals surface area contributed by atoms with Crippen molar-refractivity contribution in [3.8, 4) is 5.75 Å². The van der Waals surface area contributed by atoms with E-state index in [0.717, 1.165) is 11.4 Å². The van der Waals surface area contributed by atoms with Crippen molar-refractivity contribution in [3.63, 3.8) is 0 Å². The quantitative estimate of drug-likeness (QED) is 0.753. The molecule has 0 aromatic heterocycles. The highest BCUT2D eigenvalue weighted by Gasteiger charge is 2.02. The number of anilines is 1. The van der Waals surface area contributed by atoms with Gasteiger partial charge >= 0.3 is 0 Å². The van der Waals surface area contributed by atoms with Crippen LogP contribution >= 0.6 is 0 Å². The van der Waals surface area contributed by atoms with Gasteiger partial charge in [0.1, 0.15) is 5.75 Å². The normalized spacial score (nSPS) is 12.2. The van der Waals surface area contributed by atoms with Gasteiger partial charge in [-0.1, -0.05) is 12.1 Å². The molecule has 3 heteroatoms. The molecule has 1 unspecified atom stereocenters. The molecule has 78 valence electrons. The summed E-state index contributed by atoms with van der Waals surface area (Å²) in [5, 5.41) is 12.3. The van der Waals surface area contributed by atoms with Crippen LogP contribution in [0.2, 0.25) is 0 Å². The average Bonchev–Trinajstić information content (AvgIpc) is 2.17. The van der Waals surface area contributed by atoms with E-state index in [1.54, 1.807) is 6.92 Å². The van der Waals surface area contributed by atoms with E-state index in [-0.39, 0.29) is 6.10 Å². The molecule has 1 atom stereocenters. The molecule has 3 nitrogen and oxygen atoms in total. The second-order valence-corrected chi connectivity index (χ2v) is 3.16. The average molecular weight is 195 g/mol. The fourth-order valence-corrected chi connectivity index (χ4v) is 1.15. The summed E-state index contributed by atoms with van der Waals surface area (Å²) in [6.07, 6.45) is -0.357. The highest BCUT2D eigenvalue weighted by atomic mass is 16.5. The maximum Gasteiger partial charge on any atom is 0.142 e. The maximum absolute atomic E-state index is 9.13. The summed E-state index contributed by atoms with van der Waals surface area (Å²) in [7, 11) is 0. The van der Waals surface area contributed by atoms with Gasteiger partial charge in [-0.25, -0.2) is 0 Å². The van der Waals surface area contributed by atoms with E-state index in [2.05, 4.69) is 5.32 Å². The summed E-state index contributed by atoms with van der Waals surface area (Å²) in [6.45, 7) is 4.87. The van der Waals surface area contributed by atoms with Crippen LogP contribution in [-0.2, 0) is 0 Å². The van der Waals surface area contributed by atoms with Gasteiger partial charge in [0.05, 0.1) is 18.4 Å². The first-order valence-corrected chi connectivity index (χ1v) is 4.87. The lowest BCUT2D eigenvalue weighted by atomic mass is 10.3. The van der Waals surface area contributed by atoms with Crippen molar-refractivity contribution < 1.29 is 9.84 Å². The van der Waals surface area contributed by atoms with Crippen molar-refractivity contribution >= 4 is 5.69 Å². The van der Waals surface area contributed by atoms with Gasteiger partial charge in [0.2, 0.25) is 0 Å². The highest BCUT2D eigenvalue weighted by Crippen LogP contribution is 2.23. The smallest absolute Gasteiger partial charge is 0.142 e. The molecular formula is C11H17NO2. The number of para-hydroxylation sites is 2. The molecule has 0 aliphatic rings. The van der Waals surface area contributed by atoms with Crippen molar-refractivity contribution in [2.75, 3.05) is 18.5 Å². The highest BCUT2D eigenvalue weighted by molar-refractivity contribution is 5.56. The Kier molecular flexibility index (Phi) is 4.26. The number of rotatable bonds is 5. The van der Waals surface area contributed by atoms with Crippen LogP contribution in [0, 0.1) is 0 Å². The van der Waals surface area contributed by atoms with Crippen LogP contribution in [0.3, 0.4) is 0 Å². The van der Waals surface area contributed by atoms with Crippen LogP contribution < -0.4 is 10.1 Å². The molecule has 0 amide bonds. The fraction of sp³-hybridized carbons (Fsp3) is 0.455. The molecule has 0 heterocycles. The molecule has 0 aliphatic carbocycles. The largest absolute Gasteiger partial charge is 0.492 e. The number of nitrogens with one attached hydrogen (secondary N) is 1. The first-order valence-electron chi connectivity index (χ1n) is 4.87. The van der Waals surface area contributed by atoms with Gasteiger partial charge in [-0.05, 0) is 26.0 Å². The van der Waals surface area contributed by atoms with Crippen molar-refractivity contribution in [2.45, 2.75) is 20.0 Å². The van der Waals surface area contributed by atoms with Gasteiger partial charge in [0.25, 0.3) is 0 Å². The van der Waals surface area contributed by atoms with Crippen molar-refractivity contribution in [1.82, 2.24) is 0 Å². The van der Waals surface area contributed by atoms with Crippen LogP contribution in [0.15, 0.2) is 24.3 Å². The molecule has 0 aliphatic heterocycles. The standard InChI is InChI=1S/C11H17NO2/c1-3-14-11-7-5-4-6-10(11)12-8-9(2)13/h4-7,9,12-13H,3,8H2,1-2H3. The summed E-state index contributed by atoms with van der Waals surface area (Å²) in [5.41, 5.74) is 0.926. The zero-order valence-corrected chi connectivity index (χ0v) is 8.66. The Morgan fingerprint density at radius 2 is 2.14 bits per heavy atom. The number of hydrogen-bond acceptors (Lipinski definition) is 3. The van der Waals surface area contributed by atoms with Gasteiger partial charge in [0, 0.05) is 6.54 Å². The molecule has 0 bridgehead atoms. The SMILES string of the molecule is CCOc1ccccc1NCC(C)O. The maximum atomic E-state index is 9.13. The molecule has 0 saturated heterocycles. The number of ether oxygens (including phenoxy) is 1. The Balaban J connectivity index is 2.64. The summed E-state index contributed by atoms with van der Waals surface area (Å²) < 4.78 is 5.43. The van der Waals surface area contributed by atoms with Crippen molar-refractivity contribution in [1.29, 1.82) is 0 Å². The van der Waals surface area contributed by atoms with E-state index in [0.29, 0.717) is 13.2 Å². The summed E-state index contributed by atoms with van der Waals surface area (Å²) in [4.78, 5) is 0. The molecule has 0 radical (unpaired) electrons. The molecule has 14 heavy (non-hydrogen) atoms. The minimum absolute atomic E-state index is 0.357. The van der Waals surface area contributed by atoms with Crippen molar-refractivity contribution in [3.05, 3.63) is 24.3 Å². The minimum Gasteiger partial charge on any atom is -0.492 e. The van der Waals surface area contributed by atoms with E-state index in [1.165, 1.54) is 0 Å². The van der Waals surface area contributed by atoms with Crippen LogP contribution in [0.25, 0.3) is 0 Å². The van der Waals surface area contributed by atoms with Gasteiger partial charge in [0.15, 0.2) is 0 Å². The lowest BCUT2D eigenvalue weighted by Gasteiger charge is -2.12. The molecule has 0 spiro atoms.